The highest BCUT2D eigenvalue weighted by atomic mass is 32.2. The van der Waals surface area contributed by atoms with Crippen molar-refractivity contribution in [2.45, 2.75) is 43.0 Å². The van der Waals surface area contributed by atoms with Gasteiger partial charge in [-0.25, -0.2) is 4.98 Å². The Morgan fingerprint density at radius 1 is 1.22 bits per heavy atom. The first-order valence-electron chi connectivity index (χ1n) is 8.63. The molecule has 1 aliphatic carbocycles. The highest BCUT2D eigenvalue weighted by Crippen LogP contribution is 2.30. The average Bonchev–Trinajstić information content (AvgIpc) is 3.13. The third-order valence-corrected chi connectivity index (χ3v) is 5.08. The number of nitrogens with zero attached hydrogens (tertiary/aromatic N) is 1. The van der Waals surface area contributed by atoms with Gasteiger partial charge in [-0.3, -0.25) is 4.79 Å². The fourth-order valence-corrected chi connectivity index (χ4v) is 3.46. The van der Waals surface area contributed by atoms with Gasteiger partial charge in [0.25, 0.3) is 0 Å². The Hall–Kier alpha value is -2.22. The molecule has 144 valence electrons. The minimum atomic E-state index is -4.42. The molecule has 0 radical (unpaired) electrons. The van der Waals surface area contributed by atoms with Crippen molar-refractivity contribution in [1.29, 1.82) is 0 Å². The van der Waals surface area contributed by atoms with Crippen LogP contribution in [0.5, 0.6) is 5.75 Å². The molecule has 0 unspecified atom stereocenters. The second-order valence-electron chi connectivity index (χ2n) is 6.27. The van der Waals surface area contributed by atoms with Gasteiger partial charge in [0.05, 0.1) is 22.4 Å². The number of carbonyl (C=O) groups excluding carboxylic acids is 1. The Labute approximate surface area is 159 Å². The molecule has 2 aromatic rings. The van der Waals surface area contributed by atoms with Gasteiger partial charge in [0.15, 0.2) is 0 Å². The number of nitrogens with one attached hydrogen (secondary N) is 1. The molecule has 0 bridgehead atoms. The van der Waals surface area contributed by atoms with Gasteiger partial charge < -0.3 is 10.1 Å². The fourth-order valence-electron chi connectivity index (χ4n) is 2.82. The van der Waals surface area contributed by atoms with Crippen molar-refractivity contribution in [2.75, 3.05) is 11.1 Å². The van der Waals surface area contributed by atoms with Crippen LogP contribution in [0.3, 0.4) is 0 Å². The molecule has 1 aromatic heterocycles. The van der Waals surface area contributed by atoms with Gasteiger partial charge in [-0.15, -0.1) is 0 Å². The van der Waals surface area contributed by atoms with Crippen LogP contribution in [0, 0.1) is 0 Å². The Bertz CT molecular complexity index is 775. The molecule has 0 atom stereocenters. The number of rotatable bonds is 6. The number of carbonyl (C=O) groups is 1. The van der Waals surface area contributed by atoms with Crippen LogP contribution < -0.4 is 10.1 Å². The van der Waals surface area contributed by atoms with Gasteiger partial charge >= 0.3 is 6.18 Å². The number of benzene rings is 1. The Morgan fingerprint density at radius 3 is 2.67 bits per heavy atom. The van der Waals surface area contributed by atoms with E-state index in [9.17, 15) is 18.0 Å². The molecular formula is C19H19F3N2O2S. The van der Waals surface area contributed by atoms with Crippen molar-refractivity contribution < 1.29 is 22.7 Å². The van der Waals surface area contributed by atoms with E-state index in [1.54, 1.807) is 12.1 Å². The van der Waals surface area contributed by atoms with E-state index in [1.165, 1.54) is 18.9 Å². The third kappa shape index (κ3) is 5.89. The lowest BCUT2D eigenvalue weighted by molar-refractivity contribution is -0.137. The van der Waals surface area contributed by atoms with Gasteiger partial charge in [0.2, 0.25) is 5.91 Å². The summed E-state index contributed by atoms with van der Waals surface area (Å²) in [5, 5.41) is 3.12. The summed E-state index contributed by atoms with van der Waals surface area (Å²) < 4.78 is 43.5. The number of ether oxygens (including phenoxy) is 1. The average molecular weight is 396 g/mol. The van der Waals surface area contributed by atoms with E-state index in [-0.39, 0.29) is 17.8 Å². The first kappa shape index (κ1) is 19.5. The quantitative estimate of drug-likeness (QED) is 0.686. The lowest BCUT2D eigenvalue weighted by Crippen LogP contribution is -2.15. The maximum Gasteiger partial charge on any atom is 0.417 e. The summed E-state index contributed by atoms with van der Waals surface area (Å²) in [5.74, 6) is 0.503. The molecule has 1 heterocycles. The molecule has 8 heteroatoms. The topological polar surface area (TPSA) is 51.2 Å². The number of alkyl halides is 3. The monoisotopic (exact) mass is 396 g/mol. The first-order chi connectivity index (χ1) is 12.9. The van der Waals surface area contributed by atoms with Crippen molar-refractivity contribution in [3.8, 4) is 5.75 Å². The molecule has 4 nitrogen and oxygen atoms in total. The van der Waals surface area contributed by atoms with E-state index in [1.807, 2.05) is 12.1 Å². The first-order valence-corrected chi connectivity index (χ1v) is 9.61. The predicted molar refractivity (Wildman–Crippen MR) is 97.9 cm³/mol. The van der Waals surface area contributed by atoms with E-state index in [0.29, 0.717) is 10.7 Å². The van der Waals surface area contributed by atoms with Crippen LogP contribution in [0.1, 0.15) is 31.2 Å². The van der Waals surface area contributed by atoms with Crippen molar-refractivity contribution in [2.24, 2.45) is 0 Å². The van der Waals surface area contributed by atoms with Crippen LogP contribution in [0.25, 0.3) is 0 Å². The molecule has 1 amide bonds. The number of thioether (sulfide) groups is 1. The summed E-state index contributed by atoms with van der Waals surface area (Å²) in [6.45, 7) is 0. The van der Waals surface area contributed by atoms with E-state index in [2.05, 4.69) is 10.3 Å². The SMILES string of the molecule is O=C(CSc1ccc(C(F)(F)F)cn1)Nc1cccc(OC2CCCC2)c1. The van der Waals surface area contributed by atoms with E-state index >= 15 is 0 Å². The number of hydrogen-bond donors (Lipinski definition) is 1. The van der Waals surface area contributed by atoms with Gasteiger partial charge in [0, 0.05) is 18.0 Å². The standard InChI is InChI=1S/C19H19F3N2O2S/c20-19(21,22)13-8-9-18(23-11-13)27-12-17(25)24-14-4-3-7-16(10-14)26-15-5-1-2-6-15/h3-4,7-11,15H,1-2,5-6,12H2,(H,24,25). The number of aromatic nitrogens is 1. The lowest BCUT2D eigenvalue weighted by Gasteiger charge is -2.14. The molecular weight excluding hydrogens is 377 g/mol. The zero-order valence-corrected chi connectivity index (χ0v) is 15.3. The molecule has 3 rings (SSSR count). The van der Waals surface area contributed by atoms with E-state index < -0.39 is 11.7 Å². The Kier molecular flexibility index (Phi) is 6.26. The molecule has 1 aliphatic rings. The zero-order chi connectivity index (χ0) is 19.3. The van der Waals surface area contributed by atoms with Crippen LogP contribution in [-0.2, 0) is 11.0 Å². The highest BCUT2D eigenvalue weighted by molar-refractivity contribution is 7.99. The molecule has 1 fully saturated rings. The molecule has 27 heavy (non-hydrogen) atoms. The summed E-state index contributed by atoms with van der Waals surface area (Å²) in [5.41, 5.74) is -0.188. The third-order valence-electron chi connectivity index (χ3n) is 4.14. The largest absolute Gasteiger partial charge is 0.490 e. The predicted octanol–water partition coefficient (Wildman–Crippen LogP) is 5.15. The fraction of sp³-hybridized carbons (Fsp3) is 0.368. The molecule has 1 saturated carbocycles. The van der Waals surface area contributed by atoms with Crippen LogP contribution in [-0.4, -0.2) is 22.7 Å². The van der Waals surface area contributed by atoms with E-state index in [0.717, 1.165) is 42.6 Å². The number of hydrogen-bond acceptors (Lipinski definition) is 4. The summed E-state index contributed by atoms with van der Waals surface area (Å²) >= 11 is 1.08. The Morgan fingerprint density at radius 2 is 2.00 bits per heavy atom. The van der Waals surface area contributed by atoms with Gasteiger partial charge in [-0.1, -0.05) is 17.8 Å². The minimum absolute atomic E-state index is 0.0477. The number of amides is 1. The van der Waals surface area contributed by atoms with Crippen LogP contribution in [0.4, 0.5) is 18.9 Å². The molecule has 0 spiro atoms. The Balaban J connectivity index is 1.50. The number of anilines is 1. The van der Waals surface area contributed by atoms with Crippen molar-refractivity contribution in [3.63, 3.8) is 0 Å². The van der Waals surface area contributed by atoms with Gasteiger partial charge in [0.1, 0.15) is 5.75 Å². The highest BCUT2D eigenvalue weighted by Gasteiger charge is 2.30. The summed E-state index contributed by atoms with van der Waals surface area (Å²) in [4.78, 5) is 15.8. The van der Waals surface area contributed by atoms with Crippen LogP contribution >= 0.6 is 11.8 Å². The maximum absolute atomic E-state index is 12.5. The van der Waals surface area contributed by atoms with Gasteiger partial charge in [-0.05, 0) is 49.9 Å². The minimum Gasteiger partial charge on any atom is -0.490 e. The lowest BCUT2D eigenvalue weighted by atomic mass is 10.2. The summed E-state index contributed by atoms with van der Waals surface area (Å²) in [6.07, 6.45) is 1.04. The molecule has 1 N–H and O–H groups in total. The second-order valence-corrected chi connectivity index (χ2v) is 7.27. The van der Waals surface area contributed by atoms with Gasteiger partial charge in [-0.2, -0.15) is 13.2 Å². The van der Waals surface area contributed by atoms with E-state index in [4.69, 9.17) is 4.74 Å². The molecule has 1 aromatic carbocycles. The smallest absolute Gasteiger partial charge is 0.417 e. The van der Waals surface area contributed by atoms with Crippen LogP contribution in [0.2, 0.25) is 0 Å². The van der Waals surface area contributed by atoms with Crippen molar-refractivity contribution in [1.82, 2.24) is 4.98 Å². The van der Waals surface area contributed by atoms with Crippen molar-refractivity contribution in [3.05, 3.63) is 48.2 Å². The van der Waals surface area contributed by atoms with Crippen LogP contribution in [0.15, 0.2) is 47.6 Å². The maximum atomic E-state index is 12.5. The zero-order valence-electron chi connectivity index (χ0n) is 14.5. The number of pyridine rings is 1. The molecule has 0 aliphatic heterocycles. The molecule has 0 saturated heterocycles. The van der Waals surface area contributed by atoms with Crippen molar-refractivity contribution >= 4 is 23.4 Å². The second kappa shape index (κ2) is 8.65. The normalized spacial score (nSPS) is 14.9. The summed E-state index contributed by atoms with van der Waals surface area (Å²) in [7, 11) is 0. The number of halogens is 3. The summed E-state index contributed by atoms with van der Waals surface area (Å²) in [6, 6.07) is 9.42.